The lowest BCUT2D eigenvalue weighted by Crippen LogP contribution is -2.28. The largest absolute Gasteiger partial charge is 0.456 e. The number of benzene rings is 12. The summed E-state index contributed by atoms with van der Waals surface area (Å²) in [5.41, 5.74) is 18.9. The summed E-state index contributed by atoms with van der Waals surface area (Å²) < 4.78 is 6.68. The SMILES string of the molecule is c1ccc(C2(c3ccccc3)c3ccccc3-c3ccc(N(c4ccc(-c5cccc(-c6cccc7ccccc67)c5)cc4)c4ccccc4-c4cccc5oc6cc7ccccc7cc6c45)cc32)cc1. The van der Waals surface area contributed by atoms with Crippen LogP contribution < -0.4 is 4.90 Å². The number of nitrogens with zero attached hydrogens (tertiary/aromatic N) is 1. The molecule has 0 radical (unpaired) electrons. The standard InChI is InChI=1S/C69H45NO/c1-3-24-52(25-4-1)69(53-26-5-2-6-27-53)63-33-13-11-29-58(63)59-41-40-55(45-64(59)69)70(54-38-36-46(37-39-54)48-22-15-23-51(42-48)57-31-16-21-47-18-9-10-28-56(47)57)65-34-14-12-30-60(65)61-32-17-35-66-68(61)62-43-49-19-7-8-20-50(49)44-67(62)71-66/h1-45H. The zero-order chi connectivity index (χ0) is 46.9. The van der Waals surface area contributed by atoms with E-state index in [2.05, 4.69) is 278 Å². The van der Waals surface area contributed by atoms with Crippen LogP contribution in [0.4, 0.5) is 17.1 Å². The Morgan fingerprint density at radius 1 is 0.296 bits per heavy atom. The van der Waals surface area contributed by atoms with Crippen molar-refractivity contribution in [2.45, 2.75) is 5.41 Å². The van der Waals surface area contributed by atoms with Crippen LogP contribution in [0.5, 0.6) is 0 Å². The highest BCUT2D eigenvalue weighted by Gasteiger charge is 2.46. The Hall–Kier alpha value is -9.24. The van der Waals surface area contributed by atoms with Crippen LogP contribution in [-0.2, 0) is 5.41 Å². The van der Waals surface area contributed by atoms with Crippen molar-refractivity contribution in [1.82, 2.24) is 0 Å². The Morgan fingerprint density at radius 2 is 0.873 bits per heavy atom. The molecule has 0 spiro atoms. The lowest BCUT2D eigenvalue weighted by atomic mass is 9.67. The van der Waals surface area contributed by atoms with E-state index in [9.17, 15) is 0 Å². The molecule has 0 saturated carbocycles. The van der Waals surface area contributed by atoms with Gasteiger partial charge in [0.2, 0.25) is 0 Å². The summed E-state index contributed by atoms with van der Waals surface area (Å²) in [6.07, 6.45) is 0. The van der Waals surface area contributed by atoms with Crippen LogP contribution in [0.15, 0.2) is 277 Å². The maximum atomic E-state index is 6.68. The van der Waals surface area contributed by atoms with E-state index < -0.39 is 5.41 Å². The van der Waals surface area contributed by atoms with E-state index in [1.54, 1.807) is 0 Å². The Bertz CT molecular complexity index is 4120. The van der Waals surface area contributed by atoms with Crippen molar-refractivity contribution in [3.05, 3.63) is 295 Å². The summed E-state index contributed by atoms with van der Waals surface area (Å²) in [6.45, 7) is 0. The molecule has 2 heteroatoms. The molecule has 12 aromatic carbocycles. The molecule has 0 N–H and O–H groups in total. The average molecular weight is 904 g/mol. The molecule has 2 nitrogen and oxygen atoms in total. The number of furan rings is 1. The van der Waals surface area contributed by atoms with Gasteiger partial charge in [-0.15, -0.1) is 0 Å². The van der Waals surface area contributed by atoms with Gasteiger partial charge in [-0.2, -0.15) is 0 Å². The lowest BCUT2D eigenvalue weighted by Gasteiger charge is -2.35. The lowest BCUT2D eigenvalue weighted by molar-refractivity contribution is 0.669. The fourth-order valence-electron chi connectivity index (χ4n) is 11.8. The van der Waals surface area contributed by atoms with Crippen molar-refractivity contribution < 1.29 is 4.42 Å². The van der Waals surface area contributed by atoms with Crippen molar-refractivity contribution in [2.75, 3.05) is 4.90 Å². The zero-order valence-electron chi connectivity index (χ0n) is 38.8. The second-order valence-corrected chi connectivity index (χ2v) is 18.7. The van der Waals surface area contributed by atoms with Crippen LogP contribution in [0.1, 0.15) is 22.3 Å². The maximum Gasteiger partial charge on any atom is 0.136 e. The molecule has 0 bridgehead atoms. The third kappa shape index (κ3) is 6.49. The van der Waals surface area contributed by atoms with Crippen LogP contribution in [0.3, 0.4) is 0 Å². The zero-order valence-corrected chi connectivity index (χ0v) is 38.8. The van der Waals surface area contributed by atoms with Gasteiger partial charge >= 0.3 is 0 Å². The number of hydrogen-bond donors (Lipinski definition) is 0. The summed E-state index contributed by atoms with van der Waals surface area (Å²) >= 11 is 0. The molecule has 1 aliphatic carbocycles. The van der Waals surface area contributed by atoms with Crippen molar-refractivity contribution >= 4 is 60.5 Å². The van der Waals surface area contributed by atoms with Crippen LogP contribution in [-0.4, -0.2) is 0 Å². The van der Waals surface area contributed by atoms with Gasteiger partial charge in [-0.1, -0.05) is 218 Å². The van der Waals surface area contributed by atoms with Crippen LogP contribution in [0, 0.1) is 0 Å². The fraction of sp³-hybridized carbons (Fsp3) is 0.0145. The molecule has 332 valence electrons. The summed E-state index contributed by atoms with van der Waals surface area (Å²) in [7, 11) is 0. The summed E-state index contributed by atoms with van der Waals surface area (Å²) in [4.78, 5) is 2.46. The van der Waals surface area contributed by atoms with Gasteiger partial charge in [0.25, 0.3) is 0 Å². The first kappa shape index (κ1) is 40.8. The van der Waals surface area contributed by atoms with Crippen LogP contribution in [0.25, 0.3) is 88.0 Å². The second-order valence-electron chi connectivity index (χ2n) is 18.7. The number of para-hydroxylation sites is 1. The summed E-state index contributed by atoms with van der Waals surface area (Å²) in [5, 5.41) is 7.07. The Morgan fingerprint density at radius 3 is 1.68 bits per heavy atom. The van der Waals surface area contributed by atoms with Crippen LogP contribution >= 0.6 is 0 Å². The topological polar surface area (TPSA) is 16.4 Å². The van der Waals surface area contributed by atoms with Gasteiger partial charge in [-0.3, -0.25) is 0 Å². The molecular formula is C69H45NO. The minimum absolute atomic E-state index is 0.557. The van der Waals surface area contributed by atoms with E-state index in [0.717, 1.165) is 61.1 Å². The predicted octanol–water partition coefficient (Wildman–Crippen LogP) is 18.7. The van der Waals surface area contributed by atoms with Gasteiger partial charge in [0, 0.05) is 27.7 Å². The van der Waals surface area contributed by atoms with Gasteiger partial charge in [0.05, 0.1) is 11.1 Å². The second kappa shape index (κ2) is 16.5. The molecule has 13 aromatic rings. The minimum Gasteiger partial charge on any atom is -0.456 e. The first-order chi connectivity index (χ1) is 35.2. The first-order valence-corrected chi connectivity index (χ1v) is 24.5. The average Bonchev–Trinajstić information content (AvgIpc) is 3.96. The van der Waals surface area contributed by atoms with Gasteiger partial charge in [-0.25, -0.2) is 0 Å². The van der Waals surface area contributed by atoms with E-state index in [1.165, 1.54) is 66.2 Å². The first-order valence-electron chi connectivity index (χ1n) is 24.5. The van der Waals surface area contributed by atoms with E-state index >= 15 is 0 Å². The molecule has 0 fully saturated rings. The molecule has 1 aromatic heterocycles. The third-order valence-electron chi connectivity index (χ3n) is 14.9. The molecule has 1 aliphatic rings. The monoisotopic (exact) mass is 903 g/mol. The summed E-state index contributed by atoms with van der Waals surface area (Å²) in [5.74, 6) is 0. The number of hydrogen-bond acceptors (Lipinski definition) is 2. The number of rotatable bonds is 8. The molecule has 0 amide bonds. The molecule has 0 aliphatic heterocycles. The minimum atomic E-state index is -0.557. The molecule has 71 heavy (non-hydrogen) atoms. The smallest absolute Gasteiger partial charge is 0.136 e. The maximum absolute atomic E-state index is 6.68. The molecule has 0 atom stereocenters. The van der Waals surface area contributed by atoms with Crippen molar-refractivity contribution in [2.24, 2.45) is 0 Å². The molecule has 14 rings (SSSR count). The molecule has 0 saturated heterocycles. The van der Waals surface area contributed by atoms with Crippen molar-refractivity contribution in [3.63, 3.8) is 0 Å². The van der Waals surface area contributed by atoms with E-state index in [0.29, 0.717) is 0 Å². The molecule has 1 heterocycles. The van der Waals surface area contributed by atoms with E-state index in [4.69, 9.17) is 4.42 Å². The highest BCUT2D eigenvalue weighted by atomic mass is 16.3. The normalized spacial score (nSPS) is 12.6. The Labute approximate surface area is 413 Å². The quantitative estimate of drug-likeness (QED) is 0.151. The predicted molar refractivity (Wildman–Crippen MR) is 297 cm³/mol. The summed E-state index contributed by atoms with van der Waals surface area (Å²) in [6, 6.07) is 99.9. The van der Waals surface area contributed by atoms with Crippen molar-refractivity contribution in [1.29, 1.82) is 0 Å². The van der Waals surface area contributed by atoms with Gasteiger partial charge in [0.15, 0.2) is 0 Å². The van der Waals surface area contributed by atoms with Gasteiger partial charge in [0.1, 0.15) is 11.2 Å². The Balaban J connectivity index is 0.985. The number of anilines is 3. The number of fused-ring (bicyclic) bond motifs is 8. The molecule has 0 unspecified atom stereocenters. The van der Waals surface area contributed by atoms with E-state index in [-0.39, 0.29) is 0 Å². The third-order valence-corrected chi connectivity index (χ3v) is 14.9. The van der Waals surface area contributed by atoms with Crippen molar-refractivity contribution in [3.8, 4) is 44.5 Å². The van der Waals surface area contributed by atoms with E-state index in [1.807, 2.05) is 0 Å². The fourth-order valence-corrected chi connectivity index (χ4v) is 11.8. The highest BCUT2D eigenvalue weighted by Crippen LogP contribution is 2.57. The van der Waals surface area contributed by atoms with Gasteiger partial charge in [-0.05, 0) is 137 Å². The Kier molecular flexibility index (Phi) is 9.47. The highest BCUT2D eigenvalue weighted by molar-refractivity contribution is 6.16. The van der Waals surface area contributed by atoms with Gasteiger partial charge < -0.3 is 9.32 Å². The molecular weight excluding hydrogens is 859 g/mol. The van der Waals surface area contributed by atoms with Crippen LogP contribution in [0.2, 0.25) is 0 Å².